The van der Waals surface area contributed by atoms with E-state index in [4.69, 9.17) is 4.99 Å². The highest BCUT2D eigenvalue weighted by atomic mass is 15.1. The van der Waals surface area contributed by atoms with Crippen LogP contribution in [0.2, 0.25) is 0 Å². The molecule has 1 N–H and O–H groups in total. The summed E-state index contributed by atoms with van der Waals surface area (Å²) in [5, 5.41) is 9.01. The van der Waals surface area contributed by atoms with Crippen molar-refractivity contribution in [1.29, 1.82) is 0 Å². The van der Waals surface area contributed by atoms with E-state index in [1.165, 1.54) is 82.7 Å². The van der Waals surface area contributed by atoms with E-state index in [9.17, 15) is 0 Å². The Balaban J connectivity index is 1.14. The number of nitrogens with one attached hydrogen (secondary N) is 1. The Hall–Kier alpha value is -7.29. The van der Waals surface area contributed by atoms with Crippen LogP contribution in [0.5, 0.6) is 0 Å². The minimum atomic E-state index is -0.528. The first-order valence-electron chi connectivity index (χ1n) is 21.1. The fourth-order valence-corrected chi connectivity index (χ4v) is 10.8. The Labute approximate surface area is 351 Å². The molecule has 2 nitrogen and oxygen atoms in total. The van der Waals surface area contributed by atoms with Crippen LogP contribution in [0, 0.1) is 0 Å². The number of rotatable bonds is 4. The normalized spacial score (nSPS) is 16.6. The van der Waals surface area contributed by atoms with Crippen LogP contribution in [-0.2, 0) is 10.8 Å². The van der Waals surface area contributed by atoms with E-state index in [1.54, 1.807) is 0 Å². The highest BCUT2D eigenvalue weighted by Gasteiger charge is 2.54. The number of hydrogen-bond donors (Lipinski definition) is 1. The van der Waals surface area contributed by atoms with Crippen molar-refractivity contribution < 1.29 is 0 Å². The number of benzene rings is 9. The zero-order chi connectivity index (χ0) is 40.0. The Kier molecular flexibility index (Phi) is 7.59. The number of aliphatic imine (C=N–C) groups is 1. The summed E-state index contributed by atoms with van der Waals surface area (Å²) >= 11 is 0. The third-order valence-corrected chi connectivity index (χ3v) is 13.6. The van der Waals surface area contributed by atoms with Crippen LogP contribution in [0.25, 0.3) is 49.5 Å². The Bertz CT molecular complexity index is 3210. The molecule has 0 saturated heterocycles. The van der Waals surface area contributed by atoms with E-state index in [2.05, 4.69) is 225 Å². The lowest BCUT2D eigenvalue weighted by molar-refractivity contribution is 0.563. The Morgan fingerprint density at radius 1 is 0.433 bits per heavy atom. The summed E-state index contributed by atoms with van der Waals surface area (Å²) in [6.07, 6.45) is 1.87. The number of hydrogen-bond acceptors (Lipinski definition) is 2. The highest BCUT2D eigenvalue weighted by molar-refractivity contribution is 6.13. The standard InChI is InChI=1S/C58H42N2/c1-57(2)48-23-11-13-25-50(48)58(51-26-14-12-24-49(51)57)47-33-32-42(41-31-30-38-29-28-37-16-9-10-21-43(37)45(38)34-41)35-46(47)55-44(22-15-27-52(55)58)56-59-53(39-17-5-3-6-18-39)36-54(60-56)40-19-7-4-8-20-40/h3-36,56,59H,1-2H3. The summed E-state index contributed by atoms with van der Waals surface area (Å²) in [6, 6.07) is 74.0. The molecular weight excluding hydrogens is 725 g/mol. The van der Waals surface area contributed by atoms with Gasteiger partial charge in [0.1, 0.15) is 6.17 Å². The van der Waals surface area contributed by atoms with Gasteiger partial charge in [0, 0.05) is 16.7 Å². The molecule has 2 heteroatoms. The predicted octanol–water partition coefficient (Wildman–Crippen LogP) is 13.8. The summed E-state index contributed by atoms with van der Waals surface area (Å²) < 4.78 is 0. The first-order valence-corrected chi connectivity index (χ1v) is 21.1. The maximum atomic E-state index is 5.57. The summed E-state index contributed by atoms with van der Waals surface area (Å²) in [4.78, 5) is 5.57. The molecule has 3 aliphatic rings. The molecule has 1 spiro atoms. The van der Waals surface area contributed by atoms with Crippen LogP contribution in [0.1, 0.15) is 70.1 Å². The fourth-order valence-electron chi connectivity index (χ4n) is 10.8. The molecule has 1 unspecified atom stereocenters. The van der Waals surface area contributed by atoms with Gasteiger partial charge < -0.3 is 5.32 Å². The molecule has 0 bridgehead atoms. The SMILES string of the molecule is CC1(C)c2ccccc2C2(c3ccc(-c4ccc5ccc6ccccc6c5c4)cc3-c3c(C4N=C(c5ccccc5)C=C(c5ccccc5)N4)cccc32)c2ccccc21. The van der Waals surface area contributed by atoms with Gasteiger partial charge in [-0.1, -0.05) is 202 Å². The smallest absolute Gasteiger partial charge is 0.146 e. The lowest BCUT2D eigenvalue weighted by atomic mass is 9.55. The van der Waals surface area contributed by atoms with Crippen molar-refractivity contribution in [3.63, 3.8) is 0 Å². The molecule has 0 fully saturated rings. The van der Waals surface area contributed by atoms with Crippen molar-refractivity contribution in [3.05, 3.63) is 256 Å². The molecule has 9 aromatic carbocycles. The molecule has 0 aromatic heterocycles. The zero-order valence-corrected chi connectivity index (χ0v) is 33.7. The number of nitrogens with zero attached hydrogens (tertiary/aromatic N) is 1. The summed E-state index contributed by atoms with van der Waals surface area (Å²) in [6.45, 7) is 4.78. The average molecular weight is 767 g/mol. The second-order valence-electron chi connectivity index (χ2n) is 17.1. The largest absolute Gasteiger partial charge is 0.359 e. The van der Waals surface area contributed by atoms with E-state index >= 15 is 0 Å². The molecular formula is C58H42N2. The topological polar surface area (TPSA) is 24.4 Å². The van der Waals surface area contributed by atoms with Crippen LogP contribution < -0.4 is 5.32 Å². The first kappa shape index (κ1) is 34.7. The minimum Gasteiger partial charge on any atom is -0.359 e. The van der Waals surface area contributed by atoms with Crippen molar-refractivity contribution in [2.24, 2.45) is 4.99 Å². The minimum absolute atomic E-state index is 0.179. The third kappa shape index (κ3) is 4.97. The monoisotopic (exact) mass is 766 g/mol. The lowest BCUT2D eigenvalue weighted by Gasteiger charge is -2.46. The molecule has 12 rings (SSSR count). The van der Waals surface area contributed by atoms with Gasteiger partial charge in [-0.05, 0) is 107 Å². The van der Waals surface area contributed by atoms with Crippen molar-refractivity contribution in [3.8, 4) is 22.3 Å². The summed E-state index contributed by atoms with van der Waals surface area (Å²) in [7, 11) is 0. The van der Waals surface area contributed by atoms with Crippen molar-refractivity contribution in [2.75, 3.05) is 0 Å². The van der Waals surface area contributed by atoms with Gasteiger partial charge in [0.2, 0.25) is 0 Å². The van der Waals surface area contributed by atoms with Gasteiger partial charge in [0.05, 0.1) is 11.1 Å². The van der Waals surface area contributed by atoms with Gasteiger partial charge >= 0.3 is 0 Å². The quantitative estimate of drug-likeness (QED) is 0.177. The van der Waals surface area contributed by atoms with E-state index < -0.39 is 5.41 Å². The van der Waals surface area contributed by atoms with Gasteiger partial charge in [0.15, 0.2) is 0 Å². The van der Waals surface area contributed by atoms with Crippen LogP contribution in [0.4, 0.5) is 0 Å². The van der Waals surface area contributed by atoms with Crippen LogP contribution >= 0.6 is 0 Å². The maximum Gasteiger partial charge on any atom is 0.146 e. The molecule has 1 heterocycles. The highest BCUT2D eigenvalue weighted by Crippen LogP contribution is 2.63. The van der Waals surface area contributed by atoms with Crippen LogP contribution in [-0.4, -0.2) is 5.71 Å². The van der Waals surface area contributed by atoms with Gasteiger partial charge in [-0.25, -0.2) is 0 Å². The molecule has 1 atom stereocenters. The van der Waals surface area contributed by atoms with E-state index in [-0.39, 0.29) is 11.6 Å². The van der Waals surface area contributed by atoms with Crippen molar-refractivity contribution in [2.45, 2.75) is 30.8 Å². The summed E-state index contributed by atoms with van der Waals surface area (Å²) in [5.41, 5.74) is 17.7. The number of fused-ring (bicyclic) bond motifs is 12. The Morgan fingerprint density at radius 3 is 1.73 bits per heavy atom. The number of allylic oxidation sites excluding steroid dienone is 1. The summed E-state index contributed by atoms with van der Waals surface area (Å²) in [5.74, 6) is 0. The molecule has 284 valence electrons. The molecule has 0 amide bonds. The van der Waals surface area contributed by atoms with Crippen LogP contribution in [0.3, 0.4) is 0 Å². The average Bonchev–Trinajstić information content (AvgIpc) is 3.61. The van der Waals surface area contributed by atoms with Gasteiger partial charge in [-0.2, -0.15) is 0 Å². The molecule has 0 radical (unpaired) electrons. The van der Waals surface area contributed by atoms with Crippen LogP contribution in [0.15, 0.2) is 211 Å². The third-order valence-electron chi connectivity index (χ3n) is 13.6. The maximum absolute atomic E-state index is 5.57. The zero-order valence-electron chi connectivity index (χ0n) is 33.7. The second-order valence-corrected chi connectivity index (χ2v) is 17.1. The van der Waals surface area contributed by atoms with Gasteiger partial charge in [-0.15, -0.1) is 0 Å². The fraction of sp³-hybridized carbons (Fsp3) is 0.0862. The van der Waals surface area contributed by atoms with Gasteiger partial charge in [-0.3, -0.25) is 4.99 Å². The van der Waals surface area contributed by atoms with E-state index in [0.29, 0.717) is 0 Å². The van der Waals surface area contributed by atoms with E-state index in [1.807, 2.05) is 0 Å². The van der Waals surface area contributed by atoms with E-state index in [0.717, 1.165) is 22.5 Å². The Morgan fingerprint density at radius 2 is 1.00 bits per heavy atom. The first-order chi connectivity index (χ1) is 29.5. The molecule has 9 aromatic rings. The lowest BCUT2D eigenvalue weighted by Crippen LogP contribution is -2.40. The van der Waals surface area contributed by atoms with Crippen molar-refractivity contribution in [1.82, 2.24) is 5.32 Å². The molecule has 2 aliphatic carbocycles. The second kappa shape index (κ2) is 13.1. The molecule has 0 saturated carbocycles. The van der Waals surface area contributed by atoms with Crippen molar-refractivity contribution >= 4 is 33.0 Å². The molecule has 60 heavy (non-hydrogen) atoms. The predicted molar refractivity (Wildman–Crippen MR) is 250 cm³/mol. The van der Waals surface area contributed by atoms with Gasteiger partial charge in [0.25, 0.3) is 0 Å². The molecule has 1 aliphatic heterocycles.